The van der Waals surface area contributed by atoms with E-state index < -0.39 is 0 Å². The average molecular weight is 306 g/mol. The first-order chi connectivity index (χ1) is 9.67. The number of nitriles is 1. The van der Waals surface area contributed by atoms with Crippen LogP contribution in [0.15, 0.2) is 53.5 Å². The molecule has 0 unspecified atom stereocenters. The third kappa shape index (κ3) is 4.16. The summed E-state index contributed by atoms with van der Waals surface area (Å²) in [5, 5.41) is 12.0. The minimum Gasteiger partial charge on any atom is -0.425 e. The van der Waals surface area contributed by atoms with Crippen molar-refractivity contribution in [2.75, 3.05) is 0 Å². The first-order valence-electron chi connectivity index (χ1n) is 5.60. The lowest BCUT2D eigenvalue weighted by Gasteiger charge is -2.06. The van der Waals surface area contributed by atoms with Crippen LogP contribution in [0.1, 0.15) is 0 Å². The minimum absolute atomic E-state index is 0.0389. The molecular weight excluding hydrogens is 297 g/mol. The molecule has 2 aromatic rings. The number of para-hydroxylation sites is 1. The van der Waals surface area contributed by atoms with E-state index in [1.165, 1.54) is 0 Å². The van der Waals surface area contributed by atoms with Crippen molar-refractivity contribution in [3.63, 3.8) is 0 Å². The van der Waals surface area contributed by atoms with Gasteiger partial charge in [0.1, 0.15) is 5.75 Å². The van der Waals surface area contributed by atoms with Crippen molar-refractivity contribution < 1.29 is 4.74 Å². The van der Waals surface area contributed by atoms with Crippen LogP contribution in [0.3, 0.4) is 0 Å². The fourth-order valence-electron chi connectivity index (χ4n) is 1.45. The topological polar surface area (TPSA) is 57.4 Å². The second kappa shape index (κ2) is 6.80. The van der Waals surface area contributed by atoms with Gasteiger partial charge in [-0.05, 0) is 30.3 Å². The lowest BCUT2D eigenvalue weighted by molar-refractivity contribution is 0.531. The zero-order valence-electron chi connectivity index (χ0n) is 10.2. The number of nitrogens with zero attached hydrogens (tertiary/aromatic N) is 2. The lowest BCUT2D eigenvalue weighted by Crippen LogP contribution is -2.23. The van der Waals surface area contributed by atoms with Crippen molar-refractivity contribution in [3.05, 3.63) is 58.6 Å². The third-order valence-electron chi connectivity index (χ3n) is 2.20. The fraction of sp³-hybridized carbons (Fsp3) is 0. The molecule has 0 fully saturated rings. The van der Waals surface area contributed by atoms with Crippen LogP contribution in [0.4, 0.5) is 5.69 Å². The van der Waals surface area contributed by atoms with Gasteiger partial charge < -0.3 is 4.74 Å². The van der Waals surface area contributed by atoms with Crippen molar-refractivity contribution in [2.45, 2.75) is 0 Å². The highest BCUT2D eigenvalue weighted by molar-refractivity contribution is 6.35. The van der Waals surface area contributed by atoms with Gasteiger partial charge >= 0.3 is 6.02 Å². The summed E-state index contributed by atoms with van der Waals surface area (Å²) in [4.78, 5) is 4.16. The van der Waals surface area contributed by atoms with Gasteiger partial charge in [0, 0.05) is 10.0 Å². The Morgan fingerprint density at radius 1 is 1.10 bits per heavy atom. The van der Waals surface area contributed by atoms with Gasteiger partial charge in [0.15, 0.2) is 6.19 Å². The Bertz CT molecular complexity index is 646. The Hall–Kier alpha value is -2.22. The zero-order chi connectivity index (χ0) is 14.4. The molecule has 4 nitrogen and oxygen atoms in total. The van der Waals surface area contributed by atoms with Crippen LogP contribution < -0.4 is 10.1 Å². The molecular formula is C14H9Cl2N3O. The molecule has 1 N–H and O–H groups in total. The summed E-state index contributed by atoms with van der Waals surface area (Å²) in [6.45, 7) is 0. The van der Waals surface area contributed by atoms with Crippen LogP contribution in [0, 0.1) is 11.5 Å². The summed E-state index contributed by atoms with van der Waals surface area (Å²) in [6, 6.07) is 13.8. The lowest BCUT2D eigenvalue weighted by atomic mass is 10.3. The summed E-state index contributed by atoms with van der Waals surface area (Å²) in [7, 11) is 0. The molecule has 0 aliphatic rings. The monoisotopic (exact) mass is 305 g/mol. The van der Waals surface area contributed by atoms with E-state index in [-0.39, 0.29) is 6.02 Å². The van der Waals surface area contributed by atoms with Crippen molar-refractivity contribution in [1.29, 1.82) is 5.26 Å². The molecule has 0 spiro atoms. The Kier molecular flexibility index (Phi) is 4.83. The summed E-state index contributed by atoms with van der Waals surface area (Å²) < 4.78 is 5.47. The molecule has 0 radical (unpaired) electrons. The van der Waals surface area contributed by atoms with Crippen LogP contribution >= 0.6 is 23.2 Å². The summed E-state index contributed by atoms with van der Waals surface area (Å²) in [5.74, 6) is 0.558. The van der Waals surface area contributed by atoms with E-state index in [4.69, 9.17) is 33.2 Å². The Morgan fingerprint density at radius 2 is 1.75 bits per heavy atom. The molecule has 100 valence electrons. The average Bonchev–Trinajstić information content (AvgIpc) is 2.39. The highest BCUT2D eigenvalue weighted by Gasteiger charge is 2.04. The quantitative estimate of drug-likeness (QED) is 0.393. The maximum absolute atomic E-state index is 8.73. The predicted molar refractivity (Wildman–Crippen MR) is 79.4 cm³/mol. The van der Waals surface area contributed by atoms with Gasteiger partial charge in [0.2, 0.25) is 0 Å². The zero-order valence-corrected chi connectivity index (χ0v) is 11.7. The molecule has 0 aliphatic carbocycles. The molecule has 0 saturated carbocycles. The van der Waals surface area contributed by atoms with Gasteiger partial charge in [0.05, 0.1) is 5.69 Å². The molecule has 0 heterocycles. The van der Waals surface area contributed by atoms with Crippen LogP contribution in [-0.2, 0) is 0 Å². The van der Waals surface area contributed by atoms with Gasteiger partial charge in [-0.15, -0.1) is 0 Å². The second-order valence-corrected chi connectivity index (χ2v) is 4.57. The predicted octanol–water partition coefficient (Wildman–Crippen LogP) is 4.13. The molecule has 0 amide bonds. The number of hydrogen-bond donors (Lipinski definition) is 1. The first kappa shape index (κ1) is 14.2. The third-order valence-corrected chi connectivity index (χ3v) is 2.63. The Morgan fingerprint density at radius 3 is 2.35 bits per heavy atom. The van der Waals surface area contributed by atoms with Crippen LogP contribution in [0.2, 0.25) is 10.0 Å². The smallest absolute Gasteiger partial charge is 0.309 e. The molecule has 2 rings (SSSR count). The first-order valence-corrected chi connectivity index (χ1v) is 6.36. The largest absolute Gasteiger partial charge is 0.425 e. The maximum Gasteiger partial charge on any atom is 0.309 e. The van der Waals surface area contributed by atoms with Crippen molar-refractivity contribution in [1.82, 2.24) is 5.32 Å². The molecule has 0 saturated heterocycles. The highest BCUT2D eigenvalue weighted by Crippen LogP contribution is 2.24. The molecule has 0 atom stereocenters. The summed E-state index contributed by atoms with van der Waals surface area (Å²) in [5.41, 5.74) is 0.483. The van der Waals surface area contributed by atoms with Gasteiger partial charge in [-0.3, -0.25) is 0 Å². The number of aliphatic imine (C=N–C) groups is 1. The number of hydrogen-bond acceptors (Lipinski definition) is 3. The molecule has 0 aromatic heterocycles. The Labute approximate surface area is 126 Å². The van der Waals surface area contributed by atoms with Crippen LogP contribution in [-0.4, -0.2) is 6.02 Å². The molecule has 0 aliphatic heterocycles. The number of benzene rings is 2. The van der Waals surface area contributed by atoms with E-state index in [1.807, 2.05) is 18.2 Å². The summed E-state index contributed by atoms with van der Waals surface area (Å²) in [6.07, 6.45) is 1.77. The van der Waals surface area contributed by atoms with Crippen molar-refractivity contribution in [3.8, 4) is 11.9 Å². The summed E-state index contributed by atoms with van der Waals surface area (Å²) >= 11 is 11.8. The highest BCUT2D eigenvalue weighted by atomic mass is 35.5. The Balaban J connectivity index is 2.28. The van der Waals surface area contributed by atoms with E-state index in [0.717, 1.165) is 0 Å². The van der Waals surface area contributed by atoms with E-state index >= 15 is 0 Å². The van der Waals surface area contributed by atoms with E-state index in [9.17, 15) is 0 Å². The number of amidine groups is 1. The van der Waals surface area contributed by atoms with Crippen molar-refractivity contribution in [2.24, 2.45) is 4.99 Å². The minimum atomic E-state index is 0.0389. The van der Waals surface area contributed by atoms with Gasteiger partial charge in [-0.1, -0.05) is 41.4 Å². The van der Waals surface area contributed by atoms with Gasteiger partial charge in [-0.25, -0.2) is 5.32 Å². The number of nitrogens with one attached hydrogen (secondary N) is 1. The fourth-order valence-corrected chi connectivity index (χ4v) is 1.96. The van der Waals surface area contributed by atoms with Crippen LogP contribution in [0.25, 0.3) is 0 Å². The standard InChI is InChI=1S/C14H9Cl2N3O/c15-10-6-11(16)8-12(7-10)19-14(18-9-17)20-13-4-2-1-3-5-13/h1-8H,(H,18,19). The SMILES string of the molecule is N#CNC(=Nc1cc(Cl)cc(Cl)c1)Oc1ccccc1. The molecule has 0 bridgehead atoms. The van der Waals surface area contributed by atoms with Crippen molar-refractivity contribution >= 4 is 34.9 Å². The molecule has 20 heavy (non-hydrogen) atoms. The number of rotatable bonds is 2. The normalized spacial score (nSPS) is 10.8. The van der Waals surface area contributed by atoms with E-state index in [2.05, 4.69) is 10.3 Å². The number of ether oxygens (including phenoxy) is 1. The van der Waals surface area contributed by atoms with Gasteiger partial charge in [0.25, 0.3) is 0 Å². The maximum atomic E-state index is 8.73. The molecule has 6 heteroatoms. The van der Waals surface area contributed by atoms with E-state index in [0.29, 0.717) is 21.5 Å². The second-order valence-electron chi connectivity index (χ2n) is 3.70. The van der Waals surface area contributed by atoms with E-state index in [1.54, 1.807) is 36.5 Å². The van der Waals surface area contributed by atoms with Crippen LogP contribution in [0.5, 0.6) is 5.75 Å². The molecule has 2 aromatic carbocycles. The van der Waals surface area contributed by atoms with Gasteiger partial charge in [-0.2, -0.15) is 10.3 Å². The number of halogens is 2.